The van der Waals surface area contributed by atoms with E-state index in [0.29, 0.717) is 35.0 Å². The first-order chi connectivity index (χ1) is 13.4. The van der Waals surface area contributed by atoms with Crippen LogP contribution < -0.4 is 5.73 Å². The topological polar surface area (TPSA) is 132 Å². The zero-order chi connectivity index (χ0) is 20.7. The van der Waals surface area contributed by atoms with Crippen molar-refractivity contribution in [3.05, 3.63) is 51.2 Å². The maximum Gasteiger partial charge on any atom is 0.336 e. The van der Waals surface area contributed by atoms with E-state index in [1.807, 2.05) is 0 Å². The van der Waals surface area contributed by atoms with Crippen molar-refractivity contribution in [3.8, 4) is 6.07 Å². The standard InChI is InChI=1S/C19H22N4O4S/c1-3-27-19(24)18-16(11-28-8-7-20)22-12(2)15(10-21)17(18)13-5-4-6-14(9-13)23(25)26/h4-6,9,15,17H,3,7-8,11,20H2,1-2H3. The maximum absolute atomic E-state index is 12.8. The second kappa shape index (κ2) is 10.0. The van der Waals surface area contributed by atoms with Crippen molar-refractivity contribution in [2.45, 2.75) is 19.8 Å². The maximum atomic E-state index is 12.8. The summed E-state index contributed by atoms with van der Waals surface area (Å²) in [5.74, 6) is -0.831. The van der Waals surface area contributed by atoms with Crippen LogP contribution in [0.1, 0.15) is 25.3 Å². The average molecular weight is 402 g/mol. The van der Waals surface area contributed by atoms with E-state index >= 15 is 0 Å². The number of benzene rings is 1. The first-order valence-electron chi connectivity index (χ1n) is 8.81. The summed E-state index contributed by atoms with van der Waals surface area (Å²) in [6.45, 7) is 4.09. The molecule has 8 nitrogen and oxygen atoms in total. The molecule has 2 atom stereocenters. The molecule has 1 aromatic carbocycles. The molecule has 1 aromatic rings. The quantitative estimate of drug-likeness (QED) is 0.306. The summed E-state index contributed by atoms with van der Waals surface area (Å²) in [6.07, 6.45) is 0. The van der Waals surface area contributed by atoms with E-state index in [9.17, 15) is 20.2 Å². The highest BCUT2D eigenvalue weighted by atomic mass is 32.2. The number of rotatable bonds is 8. The van der Waals surface area contributed by atoms with Gasteiger partial charge in [-0.05, 0) is 19.4 Å². The molecule has 0 saturated heterocycles. The number of non-ortho nitro benzene ring substituents is 1. The van der Waals surface area contributed by atoms with Gasteiger partial charge in [0.05, 0.1) is 34.8 Å². The molecule has 9 heteroatoms. The molecule has 0 bridgehead atoms. The number of nitro benzene ring substituents is 1. The van der Waals surface area contributed by atoms with Crippen LogP contribution in [0.2, 0.25) is 0 Å². The molecule has 1 aliphatic heterocycles. The molecule has 0 amide bonds. The zero-order valence-corrected chi connectivity index (χ0v) is 16.6. The summed E-state index contributed by atoms with van der Waals surface area (Å²) in [5, 5.41) is 20.9. The first kappa shape index (κ1) is 21.6. The molecule has 0 saturated carbocycles. The Morgan fingerprint density at radius 1 is 1.50 bits per heavy atom. The van der Waals surface area contributed by atoms with Crippen LogP contribution in [0.5, 0.6) is 0 Å². The van der Waals surface area contributed by atoms with Gasteiger partial charge in [-0.3, -0.25) is 15.1 Å². The number of nitro groups is 1. The smallest absolute Gasteiger partial charge is 0.336 e. The summed E-state index contributed by atoms with van der Waals surface area (Å²) >= 11 is 1.53. The minimum atomic E-state index is -0.718. The fourth-order valence-electron chi connectivity index (χ4n) is 3.10. The molecular formula is C19H22N4O4S. The number of aliphatic imine (C=N–C) groups is 1. The van der Waals surface area contributed by atoms with Crippen molar-refractivity contribution in [2.24, 2.45) is 16.6 Å². The largest absolute Gasteiger partial charge is 0.463 e. The monoisotopic (exact) mass is 402 g/mol. The predicted molar refractivity (Wildman–Crippen MR) is 108 cm³/mol. The highest BCUT2D eigenvalue weighted by Gasteiger charge is 2.39. The van der Waals surface area contributed by atoms with Crippen LogP contribution in [0.25, 0.3) is 0 Å². The molecule has 2 rings (SSSR count). The van der Waals surface area contributed by atoms with Crippen LogP contribution in [0.3, 0.4) is 0 Å². The average Bonchev–Trinajstić information content (AvgIpc) is 2.67. The fourth-order valence-corrected chi connectivity index (χ4v) is 3.83. The summed E-state index contributed by atoms with van der Waals surface area (Å²) in [4.78, 5) is 28.0. The lowest BCUT2D eigenvalue weighted by Crippen LogP contribution is -2.30. The number of nitrogens with zero attached hydrogens (tertiary/aromatic N) is 3. The van der Waals surface area contributed by atoms with Gasteiger partial charge in [-0.25, -0.2) is 4.79 Å². The van der Waals surface area contributed by atoms with E-state index in [1.54, 1.807) is 26.0 Å². The second-order valence-electron chi connectivity index (χ2n) is 6.11. The Labute approximate surface area is 167 Å². The van der Waals surface area contributed by atoms with Gasteiger partial charge in [0.2, 0.25) is 0 Å². The van der Waals surface area contributed by atoms with Crippen LogP contribution in [-0.2, 0) is 9.53 Å². The van der Waals surface area contributed by atoms with Crippen LogP contribution in [0.15, 0.2) is 40.5 Å². The molecule has 0 fully saturated rings. The van der Waals surface area contributed by atoms with Crippen molar-refractivity contribution in [3.63, 3.8) is 0 Å². The number of nitrogens with two attached hydrogens (primary N) is 1. The van der Waals surface area contributed by atoms with Crippen molar-refractivity contribution in [1.82, 2.24) is 0 Å². The molecule has 148 valence electrons. The number of thioether (sulfide) groups is 1. The zero-order valence-electron chi connectivity index (χ0n) is 15.8. The third kappa shape index (κ3) is 4.77. The van der Waals surface area contributed by atoms with Crippen molar-refractivity contribution in [1.29, 1.82) is 5.26 Å². The normalized spacial score (nSPS) is 19.0. The number of nitriles is 1. The number of carbonyl (C=O) groups is 1. The molecule has 0 aliphatic carbocycles. The lowest BCUT2D eigenvalue weighted by Gasteiger charge is -2.29. The molecule has 0 spiro atoms. The first-order valence-corrected chi connectivity index (χ1v) is 9.97. The van der Waals surface area contributed by atoms with E-state index in [4.69, 9.17) is 10.5 Å². The molecule has 1 heterocycles. The number of esters is 1. The van der Waals surface area contributed by atoms with Gasteiger partial charge >= 0.3 is 5.97 Å². The Morgan fingerprint density at radius 2 is 2.25 bits per heavy atom. The van der Waals surface area contributed by atoms with Crippen molar-refractivity contribution < 1.29 is 14.5 Å². The van der Waals surface area contributed by atoms with Gasteiger partial charge in [0.15, 0.2) is 0 Å². The lowest BCUT2D eigenvalue weighted by atomic mass is 9.76. The number of hydrogen-bond acceptors (Lipinski definition) is 8. The molecule has 1 aliphatic rings. The van der Waals surface area contributed by atoms with Crippen LogP contribution in [0, 0.1) is 27.4 Å². The lowest BCUT2D eigenvalue weighted by molar-refractivity contribution is -0.384. The van der Waals surface area contributed by atoms with Crippen LogP contribution in [0.4, 0.5) is 5.69 Å². The summed E-state index contributed by atoms with van der Waals surface area (Å²) < 4.78 is 5.23. The van der Waals surface area contributed by atoms with E-state index in [2.05, 4.69) is 11.1 Å². The van der Waals surface area contributed by atoms with E-state index in [0.717, 1.165) is 0 Å². The highest BCUT2D eigenvalue weighted by molar-refractivity contribution is 7.99. The van der Waals surface area contributed by atoms with Gasteiger partial charge in [0.1, 0.15) is 0 Å². The molecule has 0 radical (unpaired) electrons. The van der Waals surface area contributed by atoms with E-state index in [1.165, 1.54) is 23.9 Å². The van der Waals surface area contributed by atoms with Gasteiger partial charge in [0.25, 0.3) is 5.69 Å². The van der Waals surface area contributed by atoms with Crippen molar-refractivity contribution in [2.75, 3.05) is 24.7 Å². The minimum absolute atomic E-state index is 0.100. The third-order valence-corrected chi connectivity index (χ3v) is 5.29. The Hall–Kier alpha value is -2.70. The Bertz CT molecular complexity index is 860. The van der Waals surface area contributed by atoms with Crippen LogP contribution >= 0.6 is 11.8 Å². The fraction of sp³-hybridized carbons (Fsp3) is 0.421. The van der Waals surface area contributed by atoms with Gasteiger partial charge in [-0.2, -0.15) is 17.0 Å². The van der Waals surface area contributed by atoms with E-state index < -0.39 is 22.7 Å². The Kier molecular flexibility index (Phi) is 7.72. The second-order valence-corrected chi connectivity index (χ2v) is 7.22. The number of ether oxygens (including phenoxy) is 1. The summed E-state index contributed by atoms with van der Waals surface area (Å²) in [6, 6.07) is 8.21. The Morgan fingerprint density at radius 3 is 2.86 bits per heavy atom. The van der Waals surface area contributed by atoms with Gasteiger partial charge in [-0.1, -0.05) is 12.1 Å². The van der Waals surface area contributed by atoms with Gasteiger partial charge in [-0.15, -0.1) is 0 Å². The van der Waals surface area contributed by atoms with Crippen molar-refractivity contribution >= 4 is 29.1 Å². The molecule has 2 unspecified atom stereocenters. The molecular weight excluding hydrogens is 380 g/mol. The van der Waals surface area contributed by atoms with Crippen LogP contribution in [-0.4, -0.2) is 41.3 Å². The van der Waals surface area contributed by atoms with Gasteiger partial charge in [0, 0.05) is 41.8 Å². The highest BCUT2D eigenvalue weighted by Crippen LogP contribution is 2.40. The summed E-state index contributed by atoms with van der Waals surface area (Å²) in [5.41, 5.74) is 7.33. The summed E-state index contributed by atoms with van der Waals surface area (Å²) in [7, 11) is 0. The SMILES string of the molecule is CCOC(=O)C1=C(CSCCN)N=C(C)C(C#N)C1c1cccc([N+](=O)[O-])c1. The predicted octanol–water partition coefficient (Wildman–Crippen LogP) is 2.80. The molecule has 2 N–H and O–H groups in total. The van der Waals surface area contributed by atoms with Gasteiger partial charge < -0.3 is 10.5 Å². The number of hydrogen-bond donors (Lipinski definition) is 1. The Balaban J connectivity index is 2.63. The van der Waals surface area contributed by atoms with E-state index in [-0.39, 0.29) is 17.9 Å². The molecule has 28 heavy (non-hydrogen) atoms. The third-order valence-electron chi connectivity index (χ3n) is 4.29. The minimum Gasteiger partial charge on any atom is -0.463 e. The molecule has 0 aromatic heterocycles. The number of carbonyl (C=O) groups excluding carboxylic acids is 1.